The van der Waals surface area contributed by atoms with Crippen LogP contribution in [0.5, 0.6) is 0 Å². The molecular formula is C15H18N2O2. The lowest BCUT2D eigenvalue weighted by Gasteiger charge is -2.13. The number of hydrogen-bond donors (Lipinski definition) is 1. The van der Waals surface area contributed by atoms with Gasteiger partial charge in [-0.2, -0.15) is 0 Å². The summed E-state index contributed by atoms with van der Waals surface area (Å²) in [5.74, 6) is 1.26. The average molecular weight is 258 g/mol. The number of nitrogens with zero attached hydrogens (tertiary/aromatic N) is 1. The predicted molar refractivity (Wildman–Crippen MR) is 73.0 cm³/mol. The van der Waals surface area contributed by atoms with Crippen LogP contribution in [0.15, 0.2) is 28.8 Å². The van der Waals surface area contributed by atoms with E-state index in [1.807, 2.05) is 32.9 Å². The number of nitrogens with one attached hydrogen (secondary N) is 1. The van der Waals surface area contributed by atoms with Crippen molar-refractivity contribution in [3.05, 3.63) is 52.7 Å². The summed E-state index contributed by atoms with van der Waals surface area (Å²) in [5, 5.41) is 2.95. The van der Waals surface area contributed by atoms with Crippen LogP contribution >= 0.6 is 0 Å². The Balaban J connectivity index is 2.10. The molecule has 0 unspecified atom stereocenters. The molecule has 4 heteroatoms. The van der Waals surface area contributed by atoms with Gasteiger partial charge in [0.1, 0.15) is 11.5 Å². The summed E-state index contributed by atoms with van der Waals surface area (Å²) in [7, 11) is 0. The number of amides is 1. The number of rotatable bonds is 3. The maximum atomic E-state index is 12.1. The normalized spacial score (nSPS) is 12.2. The first-order valence-corrected chi connectivity index (χ1v) is 6.28. The van der Waals surface area contributed by atoms with Gasteiger partial charge < -0.3 is 9.73 Å². The van der Waals surface area contributed by atoms with Gasteiger partial charge in [0.25, 0.3) is 5.91 Å². The molecule has 1 N–H and O–H groups in total. The quantitative estimate of drug-likeness (QED) is 0.920. The minimum absolute atomic E-state index is 0.0878. The van der Waals surface area contributed by atoms with Gasteiger partial charge in [0.05, 0.1) is 11.6 Å². The van der Waals surface area contributed by atoms with Crippen LogP contribution in [0, 0.1) is 20.8 Å². The molecule has 2 rings (SSSR count). The zero-order valence-corrected chi connectivity index (χ0v) is 11.7. The van der Waals surface area contributed by atoms with Gasteiger partial charge >= 0.3 is 0 Å². The molecule has 2 aromatic heterocycles. The highest BCUT2D eigenvalue weighted by Gasteiger charge is 2.16. The third-order valence-electron chi connectivity index (χ3n) is 3.07. The fourth-order valence-electron chi connectivity index (χ4n) is 1.95. The third kappa shape index (κ3) is 3.02. The van der Waals surface area contributed by atoms with E-state index in [9.17, 15) is 4.79 Å². The lowest BCUT2D eigenvalue weighted by molar-refractivity contribution is 0.0938. The molecule has 19 heavy (non-hydrogen) atoms. The van der Waals surface area contributed by atoms with E-state index >= 15 is 0 Å². The molecule has 0 bridgehead atoms. The fourth-order valence-corrected chi connectivity index (χ4v) is 1.95. The molecule has 100 valence electrons. The lowest BCUT2D eigenvalue weighted by Crippen LogP contribution is -2.26. The van der Waals surface area contributed by atoms with Crippen molar-refractivity contribution >= 4 is 5.91 Å². The van der Waals surface area contributed by atoms with Crippen molar-refractivity contribution in [3.8, 4) is 0 Å². The van der Waals surface area contributed by atoms with Crippen LogP contribution in [-0.4, -0.2) is 10.9 Å². The zero-order valence-electron chi connectivity index (χ0n) is 11.7. The molecule has 0 aliphatic rings. The summed E-state index contributed by atoms with van der Waals surface area (Å²) in [6.45, 7) is 7.49. The summed E-state index contributed by atoms with van der Waals surface area (Å²) >= 11 is 0. The summed E-state index contributed by atoms with van der Waals surface area (Å²) < 4.78 is 5.37. The van der Waals surface area contributed by atoms with Gasteiger partial charge in [0.2, 0.25) is 0 Å². The number of carbonyl (C=O) groups is 1. The highest BCUT2D eigenvalue weighted by atomic mass is 16.3. The molecule has 1 amide bonds. The fraction of sp³-hybridized carbons (Fsp3) is 0.333. The number of aromatic nitrogens is 1. The first-order valence-electron chi connectivity index (χ1n) is 6.28. The topological polar surface area (TPSA) is 55.1 Å². The van der Waals surface area contributed by atoms with E-state index in [4.69, 9.17) is 4.42 Å². The molecule has 0 aliphatic carbocycles. The van der Waals surface area contributed by atoms with E-state index in [-0.39, 0.29) is 11.9 Å². The molecule has 0 fully saturated rings. The SMILES string of the molecule is Cc1ccc([C@@H](C)NC(=O)c2cc(C)oc2C)cn1. The Morgan fingerprint density at radius 1 is 1.32 bits per heavy atom. The van der Waals surface area contributed by atoms with Crippen LogP contribution < -0.4 is 5.32 Å². The van der Waals surface area contributed by atoms with Crippen LogP contribution in [0.2, 0.25) is 0 Å². The van der Waals surface area contributed by atoms with Gasteiger partial charge in [-0.1, -0.05) is 6.07 Å². The van der Waals surface area contributed by atoms with Gasteiger partial charge in [0.15, 0.2) is 0 Å². The smallest absolute Gasteiger partial charge is 0.255 e. The van der Waals surface area contributed by atoms with Crippen molar-refractivity contribution < 1.29 is 9.21 Å². The van der Waals surface area contributed by atoms with Gasteiger partial charge in [0, 0.05) is 11.9 Å². The second-order valence-electron chi connectivity index (χ2n) is 4.75. The molecule has 1 atom stereocenters. The summed E-state index contributed by atoms with van der Waals surface area (Å²) in [4.78, 5) is 16.4. The largest absolute Gasteiger partial charge is 0.466 e. The number of hydrogen-bond acceptors (Lipinski definition) is 3. The number of aryl methyl sites for hydroxylation is 3. The number of furan rings is 1. The van der Waals surface area contributed by atoms with E-state index in [1.165, 1.54) is 0 Å². The second kappa shape index (κ2) is 5.26. The van der Waals surface area contributed by atoms with Crippen molar-refractivity contribution in [3.63, 3.8) is 0 Å². The number of carbonyl (C=O) groups excluding carboxylic acids is 1. The predicted octanol–water partition coefficient (Wildman–Crippen LogP) is 3.09. The maximum absolute atomic E-state index is 12.1. The summed E-state index contributed by atoms with van der Waals surface area (Å²) in [6.07, 6.45) is 1.79. The van der Waals surface area contributed by atoms with Gasteiger partial charge in [-0.3, -0.25) is 9.78 Å². The van der Waals surface area contributed by atoms with Crippen LogP contribution in [0.3, 0.4) is 0 Å². The Morgan fingerprint density at radius 3 is 2.58 bits per heavy atom. The van der Waals surface area contributed by atoms with E-state index in [0.717, 1.165) is 17.0 Å². The standard InChI is InChI=1S/C15H18N2O2/c1-9-5-6-13(8-16-9)11(3)17-15(18)14-7-10(2)19-12(14)4/h5-8,11H,1-4H3,(H,17,18)/t11-/m1/s1. The molecular weight excluding hydrogens is 240 g/mol. The number of pyridine rings is 1. The Morgan fingerprint density at radius 2 is 2.05 bits per heavy atom. The van der Waals surface area contributed by atoms with E-state index in [0.29, 0.717) is 11.3 Å². The second-order valence-corrected chi connectivity index (χ2v) is 4.75. The first kappa shape index (κ1) is 13.3. The average Bonchev–Trinajstić information content (AvgIpc) is 2.69. The van der Waals surface area contributed by atoms with E-state index in [2.05, 4.69) is 10.3 Å². The van der Waals surface area contributed by atoms with Crippen LogP contribution in [0.25, 0.3) is 0 Å². The van der Waals surface area contributed by atoms with Crippen LogP contribution in [-0.2, 0) is 0 Å². The molecule has 0 saturated carbocycles. The minimum Gasteiger partial charge on any atom is -0.466 e. The van der Waals surface area contributed by atoms with Crippen LogP contribution in [0.1, 0.15) is 46.1 Å². The summed E-state index contributed by atoms with van der Waals surface area (Å²) in [5.41, 5.74) is 2.53. The third-order valence-corrected chi connectivity index (χ3v) is 3.07. The molecule has 0 saturated heterocycles. The Kier molecular flexibility index (Phi) is 3.69. The molecule has 4 nitrogen and oxygen atoms in total. The molecule has 0 aliphatic heterocycles. The van der Waals surface area contributed by atoms with Gasteiger partial charge in [-0.15, -0.1) is 0 Å². The van der Waals surface area contributed by atoms with Gasteiger partial charge in [-0.05, 0) is 45.4 Å². The van der Waals surface area contributed by atoms with Crippen molar-refractivity contribution in [2.75, 3.05) is 0 Å². The first-order chi connectivity index (χ1) is 8.97. The maximum Gasteiger partial charge on any atom is 0.255 e. The molecule has 0 spiro atoms. The van der Waals surface area contributed by atoms with Crippen molar-refractivity contribution in [1.82, 2.24) is 10.3 Å². The summed E-state index contributed by atoms with van der Waals surface area (Å²) in [6, 6.07) is 5.58. The van der Waals surface area contributed by atoms with Crippen molar-refractivity contribution in [2.45, 2.75) is 33.7 Å². The minimum atomic E-state index is -0.123. The van der Waals surface area contributed by atoms with Crippen molar-refractivity contribution in [1.29, 1.82) is 0 Å². The zero-order chi connectivity index (χ0) is 14.0. The van der Waals surface area contributed by atoms with Gasteiger partial charge in [-0.25, -0.2) is 0 Å². The highest BCUT2D eigenvalue weighted by Crippen LogP contribution is 2.16. The molecule has 0 aromatic carbocycles. The molecule has 0 radical (unpaired) electrons. The van der Waals surface area contributed by atoms with Crippen LogP contribution in [0.4, 0.5) is 0 Å². The van der Waals surface area contributed by atoms with E-state index in [1.54, 1.807) is 19.2 Å². The Bertz CT molecular complexity index is 585. The van der Waals surface area contributed by atoms with E-state index < -0.39 is 0 Å². The highest BCUT2D eigenvalue weighted by molar-refractivity contribution is 5.95. The Hall–Kier alpha value is -2.10. The lowest BCUT2D eigenvalue weighted by atomic mass is 10.1. The monoisotopic (exact) mass is 258 g/mol. The Labute approximate surface area is 112 Å². The molecule has 2 aromatic rings. The van der Waals surface area contributed by atoms with Crippen molar-refractivity contribution in [2.24, 2.45) is 0 Å². The molecule has 2 heterocycles.